The van der Waals surface area contributed by atoms with Crippen LogP contribution in [0.15, 0.2) is 52.3 Å². The minimum atomic E-state index is -4.00. The molecule has 0 radical (unpaired) electrons. The lowest BCUT2D eigenvalue weighted by Crippen LogP contribution is -2.38. The number of hydrogen-bond acceptors (Lipinski definition) is 5. The second kappa shape index (κ2) is 8.56. The minimum absolute atomic E-state index is 0.0840. The lowest BCUT2D eigenvalue weighted by atomic mass is 9.98. The van der Waals surface area contributed by atoms with E-state index in [0.717, 1.165) is 19.1 Å². The van der Waals surface area contributed by atoms with E-state index in [-0.39, 0.29) is 32.0 Å². The number of carbonyl (C=O) groups excluding carboxylic acids is 1. The first kappa shape index (κ1) is 22.6. The summed E-state index contributed by atoms with van der Waals surface area (Å²) in [5.41, 5.74) is 0.344. The summed E-state index contributed by atoms with van der Waals surface area (Å²) in [6, 6.07) is 9.36. The molecule has 0 unspecified atom stereocenters. The van der Waals surface area contributed by atoms with E-state index in [1.807, 2.05) is 0 Å². The Balaban J connectivity index is 1.84. The van der Waals surface area contributed by atoms with Crippen molar-refractivity contribution >= 4 is 43.1 Å². The van der Waals surface area contributed by atoms with Crippen LogP contribution in [0, 0.1) is 5.92 Å². The number of rotatable bonds is 5. The summed E-state index contributed by atoms with van der Waals surface area (Å²) in [7, 11) is -7.39. The van der Waals surface area contributed by atoms with Gasteiger partial charge in [0.25, 0.3) is 15.9 Å². The van der Waals surface area contributed by atoms with Crippen LogP contribution in [0.2, 0.25) is 5.02 Å². The summed E-state index contributed by atoms with van der Waals surface area (Å²) in [5.74, 6) is 0.260. The number of benzene rings is 2. The van der Waals surface area contributed by atoms with E-state index in [1.54, 1.807) is 4.90 Å². The molecule has 1 fully saturated rings. The van der Waals surface area contributed by atoms with Crippen LogP contribution in [0.3, 0.4) is 0 Å². The molecule has 2 aromatic carbocycles. The number of amides is 1. The quantitative estimate of drug-likeness (QED) is 0.721. The molecule has 1 aliphatic heterocycles. The summed E-state index contributed by atoms with van der Waals surface area (Å²) >= 11 is 6.19. The van der Waals surface area contributed by atoms with Crippen LogP contribution < -0.4 is 4.72 Å². The predicted molar refractivity (Wildman–Crippen MR) is 116 cm³/mol. The molecule has 2 aromatic rings. The average molecular weight is 471 g/mol. The zero-order chi connectivity index (χ0) is 22.1. The van der Waals surface area contributed by atoms with Crippen molar-refractivity contribution in [1.29, 1.82) is 0 Å². The number of nitrogens with one attached hydrogen (secondary N) is 1. The predicted octanol–water partition coefficient (Wildman–Crippen LogP) is 3.42. The maximum atomic E-state index is 12.9. The molecule has 1 amide bonds. The third kappa shape index (κ3) is 5.14. The monoisotopic (exact) mass is 470 g/mol. The van der Waals surface area contributed by atoms with Crippen LogP contribution in [-0.2, 0) is 19.9 Å². The first-order valence-electron chi connectivity index (χ1n) is 9.39. The van der Waals surface area contributed by atoms with Crippen molar-refractivity contribution in [3.05, 3.63) is 53.1 Å². The molecule has 1 N–H and O–H groups in total. The van der Waals surface area contributed by atoms with E-state index in [0.29, 0.717) is 19.0 Å². The van der Waals surface area contributed by atoms with Crippen LogP contribution in [0.1, 0.15) is 30.1 Å². The highest BCUT2D eigenvalue weighted by atomic mass is 35.5. The largest absolute Gasteiger partial charge is 0.339 e. The smallest absolute Gasteiger partial charge is 0.261 e. The molecular weight excluding hydrogens is 448 g/mol. The van der Waals surface area contributed by atoms with Crippen molar-refractivity contribution in [2.24, 2.45) is 5.92 Å². The molecule has 0 atom stereocenters. The van der Waals surface area contributed by atoms with Gasteiger partial charge in [0.05, 0.1) is 20.4 Å². The Morgan fingerprint density at radius 3 is 2.13 bits per heavy atom. The number of sulfone groups is 1. The Morgan fingerprint density at radius 2 is 1.57 bits per heavy atom. The molecule has 0 saturated carbocycles. The van der Waals surface area contributed by atoms with Crippen molar-refractivity contribution in [1.82, 2.24) is 4.90 Å². The fraction of sp³-hybridized carbons (Fsp3) is 0.350. The Hall–Kier alpha value is -2.10. The highest BCUT2D eigenvalue weighted by Crippen LogP contribution is 2.26. The lowest BCUT2D eigenvalue weighted by molar-refractivity contribution is 0.0697. The Bertz CT molecular complexity index is 1150. The molecule has 30 heavy (non-hydrogen) atoms. The minimum Gasteiger partial charge on any atom is -0.339 e. The molecular formula is C20H23ClN2O5S2. The van der Waals surface area contributed by atoms with Crippen LogP contribution in [0.4, 0.5) is 5.69 Å². The maximum absolute atomic E-state index is 12.9. The van der Waals surface area contributed by atoms with Gasteiger partial charge >= 0.3 is 0 Å². The maximum Gasteiger partial charge on any atom is 0.261 e. The van der Waals surface area contributed by atoms with E-state index in [1.165, 1.54) is 42.5 Å². The number of nitrogens with zero attached hydrogens (tertiary/aromatic N) is 1. The molecule has 3 rings (SSSR count). The van der Waals surface area contributed by atoms with Gasteiger partial charge in [-0.1, -0.05) is 18.5 Å². The van der Waals surface area contributed by atoms with Gasteiger partial charge < -0.3 is 4.90 Å². The van der Waals surface area contributed by atoms with E-state index in [9.17, 15) is 21.6 Å². The fourth-order valence-electron chi connectivity index (χ4n) is 3.20. The average Bonchev–Trinajstić information content (AvgIpc) is 2.67. The van der Waals surface area contributed by atoms with Gasteiger partial charge in [-0.05, 0) is 61.2 Å². The SMILES string of the molecule is CC1CCN(C(=O)c2cc(S(=O)(=O)Nc3ccc(S(C)(=O)=O)cc3)ccc2Cl)CC1. The van der Waals surface area contributed by atoms with Crippen molar-refractivity contribution in [2.45, 2.75) is 29.6 Å². The molecule has 1 heterocycles. The van der Waals surface area contributed by atoms with Crippen molar-refractivity contribution in [2.75, 3.05) is 24.1 Å². The van der Waals surface area contributed by atoms with Crippen LogP contribution in [0.25, 0.3) is 0 Å². The fourth-order valence-corrected chi connectivity index (χ4v) is 5.11. The highest BCUT2D eigenvalue weighted by Gasteiger charge is 2.25. The first-order valence-corrected chi connectivity index (χ1v) is 13.1. The zero-order valence-corrected chi connectivity index (χ0v) is 19.0. The number of hydrogen-bond donors (Lipinski definition) is 1. The summed E-state index contributed by atoms with van der Waals surface area (Å²) in [6.07, 6.45) is 2.86. The second-order valence-electron chi connectivity index (χ2n) is 7.52. The van der Waals surface area contributed by atoms with Gasteiger partial charge in [-0.15, -0.1) is 0 Å². The van der Waals surface area contributed by atoms with E-state index < -0.39 is 19.9 Å². The van der Waals surface area contributed by atoms with Gasteiger partial charge in [0.15, 0.2) is 9.84 Å². The van der Waals surface area contributed by atoms with E-state index >= 15 is 0 Å². The highest BCUT2D eigenvalue weighted by molar-refractivity contribution is 7.92. The van der Waals surface area contributed by atoms with Crippen LogP contribution in [-0.4, -0.2) is 47.0 Å². The van der Waals surface area contributed by atoms with Crippen molar-refractivity contribution in [3.63, 3.8) is 0 Å². The van der Waals surface area contributed by atoms with Gasteiger partial charge in [-0.2, -0.15) is 0 Å². The van der Waals surface area contributed by atoms with Gasteiger partial charge in [-0.3, -0.25) is 9.52 Å². The van der Waals surface area contributed by atoms with Crippen molar-refractivity contribution < 1.29 is 21.6 Å². The first-order chi connectivity index (χ1) is 14.0. The van der Waals surface area contributed by atoms with Gasteiger partial charge in [0.1, 0.15) is 0 Å². The lowest BCUT2D eigenvalue weighted by Gasteiger charge is -2.30. The third-order valence-electron chi connectivity index (χ3n) is 5.08. The van der Waals surface area contributed by atoms with Crippen LogP contribution >= 0.6 is 11.6 Å². The molecule has 0 aliphatic carbocycles. The zero-order valence-electron chi connectivity index (χ0n) is 16.6. The Kier molecular flexibility index (Phi) is 6.45. The summed E-state index contributed by atoms with van der Waals surface area (Å²) in [6.45, 7) is 3.35. The molecule has 10 heteroatoms. The van der Waals surface area contributed by atoms with Gasteiger partial charge in [0.2, 0.25) is 0 Å². The van der Waals surface area contributed by atoms with E-state index in [2.05, 4.69) is 11.6 Å². The second-order valence-corrected chi connectivity index (χ2v) is 11.6. The summed E-state index contributed by atoms with van der Waals surface area (Å²) < 4.78 is 51.1. The standard InChI is InChI=1S/C20H23ClN2O5S2/c1-14-9-11-23(12-10-14)20(24)18-13-17(7-8-19(18)21)30(27,28)22-15-3-5-16(6-4-15)29(2,25)26/h3-8,13-14,22H,9-12H2,1-2H3. The van der Waals surface area contributed by atoms with Gasteiger partial charge in [0, 0.05) is 25.0 Å². The molecule has 7 nitrogen and oxygen atoms in total. The normalized spacial score (nSPS) is 15.8. The molecule has 162 valence electrons. The summed E-state index contributed by atoms with van der Waals surface area (Å²) in [5, 5.41) is 0.190. The molecule has 1 saturated heterocycles. The number of sulfonamides is 1. The Labute approximate surface area is 182 Å². The number of carbonyl (C=O) groups is 1. The molecule has 0 aromatic heterocycles. The molecule has 0 spiro atoms. The third-order valence-corrected chi connectivity index (χ3v) is 7.92. The van der Waals surface area contributed by atoms with Gasteiger partial charge in [-0.25, -0.2) is 16.8 Å². The number of halogens is 1. The molecule has 0 bridgehead atoms. The summed E-state index contributed by atoms with van der Waals surface area (Å²) in [4.78, 5) is 14.5. The van der Waals surface area contributed by atoms with Crippen molar-refractivity contribution in [3.8, 4) is 0 Å². The Morgan fingerprint density at radius 1 is 1.00 bits per heavy atom. The number of anilines is 1. The molecule has 1 aliphatic rings. The number of piperidine rings is 1. The van der Waals surface area contributed by atoms with E-state index in [4.69, 9.17) is 11.6 Å². The number of likely N-dealkylation sites (tertiary alicyclic amines) is 1. The topological polar surface area (TPSA) is 101 Å². The van der Waals surface area contributed by atoms with Crippen LogP contribution in [0.5, 0.6) is 0 Å².